The quantitative estimate of drug-likeness (QED) is 0.644. The Bertz CT molecular complexity index is 410. The molecule has 0 aromatic heterocycles. The van der Waals surface area contributed by atoms with Gasteiger partial charge < -0.3 is 10.4 Å². The van der Waals surface area contributed by atoms with Crippen LogP contribution in [0.15, 0.2) is 24.3 Å². The van der Waals surface area contributed by atoms with Crippen molar-refractivity contribution in [1.29, 1.82) is 0 Å². The second-order valence-corrected chi connectivity index (χ2v) is 4.04. The lowest BCUT2D eigenvalue weighted by atomic mass is 9.93. The summed E-state index contributed by atoms with van der Waals surface area (Å²) in [5.74, 6) is 5.49. The molecule has 0 atom stereocenters. The highest BCUT2D eigenvalue weighted by Crippen LogP contribution is 2.16. The lowest BCUT2D eigenvalue weighted by Gasteiger charge is -2.27. The average molecular weight is 219 g/mol. The van der Waals surface area contributed by atoms with E-state index < -0.39 is 5.60 Å². The van der Waals surface area contributed by atoms with Crippen LogP contribution >= 0.6 is 0 Å². The molecule has 1 heterocycles. The van der Waals surface area contributed by atoms with E-state index in [1.165, 1.54) is 12.1 Å². The van der Waals surface area contributed by atoms with Crippen LogP contribution in [0.2, 0.25) is 0 Å². The first-order chi connectivity index (χ1) is 7.68. The number of nitrogens with one attached hydrogen (secondary N) is 1. The maximum atomic E-state index is 12.7. The van der Waals surface area contributed by atoms with Crippen molar-refractivity contribution in [3.8, 4) is 11.8 Å². The molecule has 0 amide bonds. The zero-order valence-electron chi connectivity index (χ0n) is 8.96. The van der Waals surface area contributed by atoms with Gasteiger partial charge in [-0.1, -0.05) is 11.8 Å². The summed E-state index contributed by atoms with van der Waals surface area (Å²) in [7, 11) is 0. The SMILES string of the molecule is OC1(C#Cc2ccc(F)cc2)CCNCC1. The van der Waals surface area contributed by atoms with E-state index in [4.69, 9.17) is 0 Å². The van der Waals surface area contributed by atoms with Crippen LogP contribution in [0.25, 0.3) is 0 Å². The molecule has 1 aliphatic rings. The summed E-state index contributed by atoms with van der Waals surface area (Å²) in [6.45, 7) is 1.57. The van der Waals surface area contributed by atoms with E-state index in [0.29, 0.717) is 12.8 Å². The largest absolute Gasteiger partial charge is 0.377 e. The molecule has 3 heteroatoms. The van der Waals surface area contributed by atoms with E-state index in [1.54, 1.807) is 12.1 Å². The monoisotopic (exact) mass is 219 g/mol. The molecule has 0 saturated carbocycles. The highest BCUT2D eigenvalue weighted by Gasteiger charge is 2.26. The Morgan fingerprint density at radius 3 is 2.44 bits per heavy atom. The van der Waals surface area contributed by atoms with Crippen LogP contribution in [0, 0.1) is 17.7 Å². The molecule has 1 saturated heterocycles. The molecular formula is C13H14FNO. The third-order valence-electron chi connectivity index (χ3n) is 2.71. The van der Waals surface area contributed by atoms with Crippen LogP contribution < -0.4 is 5.32 Å². The molecule has 1 aliphatic heterocycles. The van der Waals surface area contributed by atoms with Crippen LogP contribution in [0.3, 0.4) is 0 Å². The van der Waals surface area contributed by atoms with E-state index in [-0.39, 0.29) is 5.82 Å². The van der Waals surface area contributed by atoms with Crippen molar-refractivity contribution >= 4 is 0 Å². The molecule has 0 bridgehead atoms. The van der Waals surface area contributed by atoms with Gasteiger partial charge in [-0.15, -0.1) is 0 Å². The van der Waals surface area contributed by atoms with Crippen molar-refractivity contribution in [3.05, 3.63) is 35.6 Å². The molecule has 0 aliphatic carbocycles. The van der Waals surface area contributed by atoms with Crippen LogP contribution in [-0.2, 0) is 0 Å². The Morgan fingerprint density at radius 1 is 1.19 bits per heavy atom. The Kier molecular flexibility index (Phi) is 3.23. The fourth-order valence-corrected chi connectivity index (χ4v) is 1.69. The first kappa shape index (κ1) is 11.1. The highest BCUT2D eigenvalue weighted by atomic mass is 19.1. The molecule has 84 valence electrons. The lowest BCUT2D eigenvalue weighted by molar-refractivity contribution is 0.0679. The molecule has 1 aromatic carbocycles. The molecule has 2 nitrogen and oxygen atoms in total. The number of piperidine rings is 1. The summed E-state index contributed by atoms with van der Waals surface area (Å²) in [6, 6.07) is 5.98. The number of hydrogen-bond donors (Lipinski definition) is 2. The van der Waals surface area contributed by atoms with Crippen molar-refractivity contribution in [3.63, 3.8) is 0 Å². The average Bonchev–Trinajstić information content (AvgIpc) is 2.29. The first-order valence-corrected chi connectivity index (χ1v) is 5.40. The maximum absolute atomic E-state index is 12.7. The van der Waals surface area contributed by atoms with Crippen LogP contribution in [0.5, 0.6) is 0 Å². The smallest absolute Gasteiger partial charge is 0.128 e. The summed E-state index contributed by atoms with van der Waals surface area (Å²) in [4.78, 5) is 0. The van der Waals surface area contributed by atoms with Crippen molar-refractivity contribution in [2.75, 3.05) is 13.1 Å². The van der Waals surface area contributed by atoms with Crippen molar-refractivity contribution in [2.45, 2.75) is 18.4 Å². The van der Waals surface area contributed by atoms with Gasteiger partial charge in [-0.2, -0.15) is 0 Å². The van der Waals surface area contributed by atoms with Gasteiger partial charge in [-0.3, -0.25) is 0 Å². The Morgan fingerprint density at radius 2 is 1.81 bits per heavy atom. The third-order valence-corrected chi connectivity index (χ3v) is 2.71. The predicted octanol–water partition coefficient (Wildman–Crippen LogP) is 1.29. The molecule has 0 unspecified atom stereocenters. The summed E-state index contributed by atoms with van der Waals surface area (Å²) < 4.78 is 12.7. The Labute approximate surface area is 94.5 Å². The van der Waals surface area contributed by atoms with Crippen molar-refractivity contribution in [1.82, 2.24) is 5.32 Å². The van der Waals surface area contributed by atoms with Crippen LogP contribution in [-0.4, -0.2) is 23.8 Å². The van der Waals surface area contributed by atoms with Gasteiger partial charge in [0, 0.05) is 5.56 Å². The van der Waals surface area contributed by atoms with Gasteiger partial charge in [-0.05, 0) is 50.2 Å². The molecule has 1 fully saturated rings. The van der Waals surface area contributed by atoms with Gasteiger partial charge in [0.1, 0.15) is 11.4 Å². The van der Waals surface area contributed by atoms with Crippen molar-refractivity contribution < 1.29 is 9.50 Å². The fraction of sp³-hybridized carbons (Fsp3) is 0.385. The zero-order chi connectivity index (χ0) is 11.4. The molecule has 16 heavy (non-hydrogen) atoms. The van der Waals surface area contributed by atoms with Crippen LogP contribution in [0.1, 0.15) is 18.4 Å². The summed E-state index contributed by atoms with van der Waals surface area (Å²) in [5, 5.41) is 13.3. The fourth-order valence-electron chi connectivity index (χ4n) is 1.69. The third kappa shape index (κ3) is 2.82. The minimum Gasteiger partial charge on any atom is -0.377 e. The lowest BCUT2D eigenvalue weighted by Crippen LogP contribution is -2.40. The van der Waals surface area contributed by atoms with E-state index in [2.05, 4.69) is 17.2 Å². The number of benzene rings is 1. The topological polar surface area (TPSA) is 32.3 Å². The highest BCUT2D eigenvalue weighted by molar-refractivity contribution is 5.36. The second-order valence-electron chi connectivity index (χ2n) is 4.04. The van der Waals surface area contributed by atoms with Gasteiger partial charge in [0.2, 0.25) is 0 Å². The summed E-state index contributed by atoms with van der Waals surface area (Å²) >= 11 is 0. The van der Waals surface area contributed by atoms with Crippen LogP contribution in [0.4, 0.5) is 4.39 Å². The Balaban J connectivity index is 2.11. The molecule has 2 rings (SSSR count). The van der Waals surface area contributed by atoms with E-state index in [9.17, 15) is 9.50 Å². The van der Waals surface area contributed by atoms with Gasteiger partial charge in [0.05, 0.1) is 0 Å². The summed E-state index contributed by atoms with van der Waals surface area (Å²) in [6.07, 6.45) is 1.28. The standard InChI is InChI=1S/C13H14FNO/c14-12-3-1-11(2-4-12)5-6-13(16)7-9-15-10-8-13/h1-4,15-16H,7-10H2. The number of aliphatic hydroxyl groups is 1. The molecule has 0 radical (unpaired) electrons. The first-order valence-electron chi connectivity index (χ1n) is 5.40. The zero-order valence-corrected chi connectivity index (χ0v) is 8.96. The van der Waals surface area contributed by atoms with E-state index >= 15 is 0 Å². The number of halogens is 1. The molecule has 2 N–H and O–H groups in total. The second kappa shape index (κ2) is 4.65. The maximum Gasteiger partial charge on any atom is 0.128 e. The molecule has 1 aromatic rings. The Hall–Kier alpha value is -1.37. The molecular weight excluding hydrogens is 205 g/mol. The minimum atomic E-state index is -0.889. The minimum absolute atomic E-state index is 0.272. The van der Waals surface area contributed by atoms with E-state index in [1.807, 2.05) is 0 Å². The van der Waals surface area contributed by atoms with Crippen molar-refractivity contribution in [2.24, 2.45) is 0 Å². The van der Waals surface area contributed by atoms with Gasteiger partial charge in [0.25, 0.3) is 0 Å². The summed E-state index contributed by atoms with van der Waals surface area (Å²) in [5.41, 5.74) is -0.159. The number of rotatable bonds is 0. The van der Waals surface area contributed by atoms with Gasteiger partial charge in [-0.25, -0.2) is 4.39 Å². The predicted molar refractivity (Wildman–Crippen MR) is 60.3 cm³/mol. The normalized spacial score (nSPS) is 18.6. The molecule has 0 spiro atoms. The van der Waals surface area contributed by atoms with Gasteiger partial charge in [0.15, 0.2) is 0 Å². The number of hydrogen-bond acceptors (Lipinski definition) is 2. The van der Waals surface area contributed by atoms with Gasteiger partial charge >= 0.3 is 0 Å². The van der Waals surface area contributed by atoms with E-state index in [0.717, 1.165) is 18.7 Å².